The minimum atomic E-state index is -0.279. The number of amides is 1. The van der Waals surface area contributed by atoms with E-state index in [1.165, 1.54) is 0 Å². The topological polar surface area (TPSA) is 83.6 Å². The van der Waals surface area contributed by atoms with E-state index in [0.29, 0.717) is 11.4 Å². The number of carbonyl (C=O) groups is 1. The van der Waals surface area contributed by atoms with Gasteiger partial charge in [0.15, 0.2) is 5.69 Å². The van der Waals surface area contributed by atoms with E-state index in [4.69, 9.17) is 0 Å². The van der Waals surface area contributed by atoms with Gasteiger partial charge in [0.1, 0.15) is 0 Å². The number of aryl methyl sites for hydroxylation is 1. The van der Waals surface area contributed by atoms with E-state index in [-0.39, 0.29) is 5.91 Å². The Morgan fingerprint density at radius 3 is 2.72 bits per heavy atom. The third kappa shape index (κ3) is 2.97. The monoisotopic (exact) mass is 329 g/mol. The number of aromatic amines is 1. The summed E-state index contributed by atoms with van der Waals surface area (Å²) >= 11 is 0. The largest absolute Gasteiger partial charge is 0.319 e. The van der Waals surface area contributed by atoms with Crippen molar-refractivity contribution in [2.45, 2.75) is 6.92 Å². The Hall–Kier alpha value is -3.54. The van der Waals surface area contributed by atoms with Crippen molar-refractivity contribution >= 4 is 22.5 Å². The minimum Gasteiger partial charge on any atom is -0.319 e. The lowest BCUT2D eigenvalue weighted by Gasteiger charge is -2.04. The maximum absolute atomic E-state index is 12.5. The lowest BCUT2D eigenvalue weighted by atomic mass is 10.0. The Bertz CT molecular complexity index is 1040. The molecule has 0 fully saturated rings. The van der Waals surface area contributed by atoms with Gasteiger partial charge < -0.3 is 5.32 Å². The molecular weight excluding hydrogens is 314 g/mol. The van der Waals surface area contributed by atoms with Crippen molar-refractivity contribution in [1.82, 2.24) is 20.2 Å². The van der Waals surface area contributed by atoms with Crippen LogP contribution in [0.15, 0.2) is 61.1 Å². The number of nitrogens with zero attached hydrogens (tertiary/aromatic N) is 3. The third-order valence-corrected chi connectivity index (χ3v) is 3.94. The van der Waals surface area contributed by atoms with Crippen LogP contribution >= 0.6 is 0 Å². The Morgan fingerprint density at radius 2 is 1.96 bits per heavy atom. The van der Waals surface area contributed by atoms with E-state index < -0.39 is 0 Å². The van der Waals surface area contributed by atoms with Gasteiger partial charge in [-0.3, -0.25) is 19.9 Å². The average Bonchev–Trinajstić information content (AvgIpc) is 3.06. The summed E-state index contributed by atoms with van der Waals surface area (Å²) in [6.07, 6.45) is 5.07. The van der Waals surface area contributed by atoms with E-state index in [0.717, 1.165) is 27.7 Å². The van der Waals surface area contributed by atoms with Gasteiger partial charge in [0, 0.05) is 29.0 Å². The molecule has 0 spiro atoms. The second kappa shape index (κ2) is 6.16. The van der Waals surface area contributed by atoms with Gasteiger partial charge >= 0.3 is 0 Å². The van der Waals surface area contributed by atoms with E-state index in [2.05, 4.69) is 25.5 Å². The number of benzene rings is 1. The molecule has 0 unspecified atom stereocenters. The Balaban J connectivity index is 1.71. The van der Waals surface area contributed by atoms with Crippen LogP contribution in [0.5, 0.6) is 0 Å². The highest BCUT2D eigenvalue weighted by Crippen LogP contribution is 2.25. The van der Waals surface area contributed by atoms with Gasteiger partial charge in [-0.25, -0.2) is 0 Å². The van der Waals surface area contributed by atoms with Crippen LogP contribution in [0.4, 0.5) is 5.69 Å². The molecule has 3 aromatic heterocycles. The lowest BCUT2D eigenvalue weighted by molar-refractivity contribution is 0.102. The molecule has 1 amide bonds. The molecule has 6 nitrogen and oxygen atoms in total. The highest BCUT2D eigenvalue weighted by molar-refractivity contribution is 6.11. The van der Waals surface area contributed by atoms with Crippen LogP contribution in [0.2, 0.25) is 0 Å². The Morgan fingerprint density at radius 1 is 1.08 bits per heavy atom. The molecule has 0 radical (unpaired) electrons. The van der Waals surface area contributed by atoms with Crippen LogP contribution in [0.3, 0.4) is 0 Å². The number of hydrogen-bond acceptors (Lipinski definition) is 4. The molecule has 0 saturated carbocycles. The van der Waals surface area contributed by atoms with Crippen LogP contribution in [-0.4, -0.2) is 26.1 Å². The molecule has 3 heterocycles. The number of nitrogens with one attached hydrogen (secondary N) is 2. The van der Waals surface area contributed by atoms with Crippen LogP contribution in [0.1, 0.15) is 16.2 Å². The summed E-state index contributed by atoms with van der Waals surface area (Å²) in [6.45, 7) is 1.95. The molecular formula is C19H15N5O. The number of rotatable bonds is 3. The second-order valence-corrected chi connectivity index (χ2v) is 5.72. The van der Waals surface area contributed by atoms with Crippen molar-refractivity contribution in [2.24, 2.45) is 0 Å². The summed E-state index contributed by atoms with van der Waals surface area (Å²) in [5.74, 6) is -0.279. The summed E-state index contributed by atoms with van der Waals surface area (Å²) in [4.78, 5) is 20.9. The number of anilines is 1. The summed E-state index contributed by atoms with van der Waals surface area (Å²) in [7, 11) is 0. The molecule has 0 bridgehead atoms. The first-order valence-electron chi connectivity index (χ1n) is 7.83. The van der Waals surface area contributed by atoms with Gasteiger partial charge in [-0.05, 0) is 42.8 Å². The maximum atomic E-state index is 12.5. The standard InChI is InChI=1S/C19H15N5O/c1-12-4-5-14(10-21-12)13-6-7-17-16(9-13)18(24-23-17)19(25)22-15-3-2-8-20-11-15/h2-11H,1H3,(H,22,25)(H,23,24). The number of pyridine rings is 2. The number of hydrogen-bond donors (Lipinski definition) is 2. The first-order chi connectivity index (χ1) is 12.2. The van der Waals surface area contributed by atoms with Crippen molar-refractivity contribution < 1.29 is 4.79 Å². The highest BCUT2D eigenvalue weighted by Gasteiger charge is 2.15. The molecule has 0 aliphatic heterocycles. The molecule has 0 aliphatic rings. The summed E-state index contributed by atoms with van der Waals surface area (Å²) in [6, 6.07) is 13.4. The number of carbonyl (C=O) groups excluding carboxylic acids is 1. The first-order valence-corrected chi connectivity index (χ1v) is 7.83. The molecule has 122 valence electrons. The number of aromatic nitrogens is 4. The molecule has 0 atom stereocenters. The fourth-order valence-corrected chi connectivity index (χ4v) is 2.63. The van der Waals surface area contributed by atoms with Crippen molar-refractivity contribution in [3.63, 3.8) is 0 Å². The van der Waals surface area contributed by atoms with Crippen LogP contribution < -0.4 is 5.32 Å². The van der Waals surface area contributed by atoms with Gasteiger partial charge in [0.2, 0.25) is 0 Å². The highest BCUT2D eigenvalue weighted by atomic mass is 16.1. The maximum Gasteiger partial charge on any atom is 0.276 e. The van der Waals surface area contributed by atoms with Crippen LogP contribution in [-0.2, 0) is 0 Å². The molecule has 0 aliphatic carbocycles. The van der Waals surface area contributed by atoms with E-state index in [9.17, 15) is 4.79 Å². The lowest BCUT2D eigenvalue weighted by Crippen LogP contribution is -2.12. The summed E-state index contributed by atoms with van der Waals surface area (Å²) in [5, 5.41) is 10.6. The molecule has 6 heteroatoms. The van der Waals surface area contributed by atoms with Crippen molar-refractivity contribution in [3.8, 4) is 11.1 Å². The van der Waals surface area contributed by atoms with Crippen LogP contribution in [0.25, 0.3) is 22.0 Å². The number of H-pyrrole nitrogens is 1. The fraction of sp³-hybridized carbons (Fsp3) is 0.0526. The zero-order valence-electron chi connectivity index (χ0n) is 13.5. The SMILES string of the molecule is Cc1ccc(-c2ccc3[nH]nc(C(=O)Nc4cccnc4)c3c2)cn1. The molecule has 0 saturated heterocycles. The molecule has 25 heavy (non-hydrogen) atoms. The van der Waals surface area contributed by atoms with Crippen molar-refractivity contribution in [3.05, 3.63) is 72.4 Å². The Labute approximate surface area is 144 Å². The van der Waals surface area contributed by atoms with E-state index in [1.54, 1.807) is 24.5 Å². The van der Waals surface area contributed by atoms with E-state index in [1.807, 2.05) is 43.5 Å². The molecule has 1 aromatic carbocycles. The van der Waals surface area contributed by atoms with Crippen molar-refractivity contribution in [2.75, 3.05) is 5.32 Å². The van der Waals surface area contributed by atoms with Gasteiger partial charge in [0.25, 0.3) is 5.91 Å². The quantitative estimate of drug-likeness (QED) is 0.602. The minimum absolute atomic E-state index is 0.279. The summed E-state index contributed by atoms with van der Waals surface area (Å²) < 4.78 is 0. The normalized spacial score (nSPS) is 10.8. The third-order valence-electron chi connectivity index (χ3n) is 3.94. The van der Waals surface area contributed by atoms with Gasteiger partial charge in [-0.1, -0.05) is 12.1 Å². The second-order valence-electron chi connectivity index (χ2n) is 5.72. The van der Waals surface area contributed by atoms with Gasteiger partial charge in [0.05, 0.1) is 17.4 Å². The smallest absolute Gasteiger partial charge is 0.276 e. The van der Waals surface area contributed by atoms with Crippen LogP contribution in [0, 0.1) is 6.92 Å². The Kier molecular flexibility index (Phi) is 3.70. The number of fused-ring (bicyclic) bond motifs is 1. The first kappa shape index (κ1) is 15.0. The predicted molar refractivity (Wildman–Crippen MR) is 96.3 cm³/mol. The van der Waals surface area contributed by atoms with Crippen molar-refractivity contribution in [1.29, 1.82) is 0 Å². The van der Waals surface area contributed by atoms with Gasteiger partial charge in [-0.2, -0.15) is 5.10 Å². The molecule has 4 rings (SSSR count). The fourth-order valence-electron chi connectivity index (χ4n) is 2.63. The zero-order valence-corrected chi connectivity index (χ0v) is 13.5. The zero-order chi connectivity index (χ0) is 17.2. The molecule has 4 aromatic rings. The predicted octanol–water partition coefficient (Wildman–Crippen LogP) is 3.58. The summed E-state index contributed by atoms with van der Waals surface area (Å²) in [5.41, 5.74) is 4.72. The van der Waals surface area contributed by atoms with E-state index >= 15 is 0 Å². The molecule has 2 N–H and O–H groups in total. The van der Waals surface area contributed by atoms with Gasteiger partial charge in [-0.15, -0.1) is 0 Å². The average molecular weight is 329 g/mol.